The van der Waals surface area contributed by atoms with Crippen LogP contribution in [0.25, 0.3) is 10.2 Å². The van der Waals surface area contributed by atoms with Gasteiger partial charge in [0.05, 0.1) is 16.6 Å². The van der Waals surface area contributed by atoms with E-state index < -0.39 is 6.09 Å². The van der Waals surface area contributed by atoms with Crippen molar-refractivity contribution in [2.45, 2.75) is 63.6 Å². The first-order valence-electron chi connectivity index (χ1n) is 12.1. The molecule has 0 atom stereocenters. The molecule has 9 nitrogen and oxygen atoms in total. The molecule has 0 radical (unpaired) electrons. The van der Waals surface area contributed by atoms with Gasteiger partial charge < -0.3 is 20.1 Å². The molecule has 2 N–H and O–H groups in total. The molecule has 5 rings (SSSR count). The maximum absolute atomic E-state index is 13.0. The number of carbonyl (C=O) groups is 2. The molecule has 4 heterocycles. The highest BCUT2D eigenvalue weighted by Crippen LogP contribution is 2.33. The van der Waals surface area contributed by atoms with Crippen molar-refractivity contribution in [2.24, 2.45) is 0 Å². The van der Waals surface area contributed by atoms with Gasteiger partial charge in [0.25, 0.3) is 5.91 Å². The summed E-state index contributed by atoms with van der Waals surface area (Å²) in [5.74, 6) is 0.0210. The Bertz CT molecular complexity index is 998. The lowest BCUT2D eigenvalue weighted by molar-refractivity contribution is 0.0674. The first-order chi connectivity index (χ1) is 16.0. The number of carboxylic acid groups (broad SMARTS) is 1. The van der Waals surface area contributed by atoms with Gasteiger partial charge in [0.1, 0.15) is 4.83 Å². The van der Waals surface area contributed by atoms with Gasteiger partial charge in [-0.15, -0.1) is 11.3 Å². The third-order valence-corrected chi connectivity index (χ3v) is 8.59. The number of carbonyl (C=O) groups excluding carboxylic acids is 1. The normalized spacial score (nSPS) is 25.4. The van der Waals surface area contributed by atoms with Gasteiger partial charge in [-0.2, -0.15) is 5.10 Å². The SMILES string of the molecule is Cc1nn(C2CCOCC2)c2sc(C(=O)N[C@H]3CC[C@@H](N4CCN(C(=O)O)CC4)CC3)cc12. The van der Waals surface area contributed by atoms with E-state index in [4.69, 9.17) is 14.9 Å². The van der Waals surface area contributed by atoms with Gasteiger partial charge in [-0.1, -0.05) is 0 Å². The van der Waals surface area contributed by atoms with Gasteiger partial charge in [0.15, 0.2) is 0 Å². The maximum atomic E-state index is 13.0. The summed E-state index contributed by atoms with van der Waals surface area (Å²) in [5, 5.41) is 18.2. The quantitative estimate of drug-likeness (QED) is 0.705. The predicted molar refractivity (Wildman–Crippen MR) is 126 cm³/mol. The lowest BCUT2D eigenvalue weighted by Gasteiger charge is -2.41. The fraction of sp³-hybridized carbons (Fsp3) is 0.696. The molecule has 0 spiro atoms. The molecule has 2 aliphatic heterocycles. The Labute approximate surface area is 197 Å². The number of rotatable bonds is 4. The molecule has 0 bridgehead atoms. The van der Waals surface area contributed by atoms with E-state index in [1.54, 1.807) is 11.3 Å². The number of hydrogen-bond donors (Lipinski definition) is 2. The van der Waals surface area contributed by atoms with E-state index in [-0.39, 0.29) is 11.9 Å². The number of aryl methyl sites for hydroxylation is 1. The molecular formula is C23H33N5O4S. The van der Waals surface area contributed by atoms with E-state index in [9.17, 15) is 9.59 Å². The average Bonchev–Trinajstić information content (AvgIpc) is 3.41. The Morgan fingerprint density at radius 2 is 1.76 bits per heavy atom. The number of fused-ring (bicyclic) bond motifs is 1. The molecule has 33 heavy (non-hydrogen) atoms. The summed E-state index contributed by atoms with van der Waals surface area (Å²) >= 11 is 1.55. The predicted octanol–water partition coefficient (Wildman–Crippen LogP) is 3.09. The lowest BCUT2D eigenvalue weighted by Crippen LogP contribution is -2.53. The lowest BCUT2D eigenvalue weighted by atomic mass is 9.89. The van der Waals surface area contributed by atoms with E-state index in [2.05, 4.69) is 14.9 Å². The summed E-state index contributed by atoms with van der Waals surface area (Å²) in [6, 6.07) is 3.04. The standard InChI is InChI=1S/C23H33N5O4S/c1-15-19-14-20(33-22(19)28(25-15)18-6-12-32-13-7-18)21(29)24-16-2-4-17(5-3-16)26-8-10-27(11-9-26)23(30)31/h14,16-18H,2-13H2,1H3,(H,24,29)(H,30,31)/t16-,17+. The first kappa shape index (κ1) is 22.6. The van der Waals surface area contributed by atoms with Crippen molar-refractivity contribution in [1.29, 1.82) is 0 Å². The summed E-state index contributed by atoms with van der Waals surface area (Å²) < 4.78 is 7.61. The van der Waals surface area contributed by atoms with Gasteiger partial charge in [-0.05, 0) is 51.5 Å². The van der Waals surface area contributed by atoms with Crippen LogP contribution in [0, 0.1) is 6.92 Å². The Balaban J connectivity index is 1.17. The fourth-order valence-corrected chi connectivity index (χ4v) is 6.62. The van der Waals surface area contributed by atoms with Crippen molar-refractivity contribution in [3.63, 3.8) is 0 Å². The molecule has 2 aromatic heterocycles. The van der Waals surface area contributed by atoms with Gasteiger partial charge in [-0.25, -0.2) is 4.79 Å². The van der Waals surface area contributed by atoms with Crippen LogP contribution in [0.1, 0.15) is 59.9 Å². The molecule has 1 saturated carbocycles. The highest BCUT2D eigenvalue weighted by molar-refractivity contribution is 7.20. The number of amides is 2. The maximum Gasteiger partial charge on any atom is 0.407 e. The van der Waals surface area contributed by atoms with E-state index >= 15 is 0 Å². The van der Waals surface area contributed by atoms with E-state index in [0.29, 0.717) is 25.2 Å². The fourth-order valence-electron chi connectivity index (χ4n) is 5.48. The first-order valence-corrected chi connectivity index (χ1v) is 12.9. The Hall–Kier alpha value is -2.17. The number of piperazine rings is 1. The number of thiophene rings is 1. The molecule has 180 valence electrons. The van der Waals surface area contributed by atoms with Crippen molar-refractivity contribution in [1.82, 2.24) is 24.9 Å². The second-order valence-corrected chi connectivity index (χ2v) is 10.5. The van der Waals surface area contributed by atoms with Crippen LogP contribution >= 0.6 is 11.3 Å². The third-order valence-electron chi connectivity index (χ3n) is 7.46. The number of nitrogens with zero attached hydrogens (tertiary/aromatic N) is 4. The molecule has 2 aromatic rings. The van der Waals surface area contributed by atoms with Gasteiger partial charge >= 0.3 is 6.09 Å². The molecule has 0 unspecified atom stereocenters. The molecule has 0 aromatic carbocycles. The van der Waals surface area contributed by atoms with Crippen LogP contribution in [0.3, 0.4) is 0 Å². The minimum absolute atomic E-state index is 0.0210. The van der Waals surface area contributed by atoms with Crippen molar-refractivity contribution >= 4 is 33.6 Å². The minimum atomic E-state index is -0.821. The van der Waals surface area contributed by atoms with Gasteiger partial charge in [-0.3, -0.25) is 14.4 Å². The number of ether oxygens (including phenoxy) is 1. The molecule has 3 fully saturated rings. The summed E-state index contributed by atoms with van der Waals surface area (Å²) in [4.78, 5) is 29.9. The van der Waals surface area contributed by atoms with E-state index in [1.807, 2.05) is 13.0 Å². The Kier molecular flexibility index (Phi) is 6.58. The second kappa shape index (κ2) is 9.60. The summed E-state index contributed by atoms with van der Waals surface area (Å²) in [6.07, 6.45) is 5.13. The summed E-state index contributed by atoms with van der Waals surface area (Å²) in [5.41, 5.74) is 0.982. The van der Waals surface area contributed by atoms with Crippen LogP contribution in [0.15, 0.2) is 6.07 Å². The monoisotopic (exact) mass is 475 g/mol. The number of nitrogens with one attached hydrogen (secondary N) is 1. The molecular weight excluding hydrogens is 442 g/mol. The largest absolute Gasteiger partial charge is 0.465 e. The summed E-state index contributed by atoms with van der Waals surface area (Å²) in [7, 11) is 0. The Morgan fingerprint density at radius 1 is 1.06 bits per heavy atom. The highest BCUT2D eigenvalue weighted by atomic mass is 32.1. The summed E-state index contributed by atoms with van der Waals surface area (Å²) in [6.45, 7) is 6.33. The van der Waals surface area contributed by atoms with Gasteiger partial charge in [0, 0.05) is 56.9 Å². The number of hydrogen-bond acceptors (Lipinski definition) is 6. The molecule has 10 heteroatoms. The van der Waals surface area contributed by atoms with Crippen molar-refractivity contribution in [2.75, 3.05) is 39.4 Å². The van der Waals surface area contributed by atoms with E-state index in [1.165, 1.54) is 4.90 Å². The number of aromatic nitrogens is 2. The topological polar surface area (TPSA) is 99.9 Å². The van der Waals surface area contributed by atoms with Gasteiger partial charge in [0.2, 0.25) is 0 Å². The van der Waals surface area contributed by atoms with E-state index in [0.717, 1.165) is 85.6 Å². The van der Waals surface area contributed by atoms with Crippen LogP contribution in [-0.4, -0.2) is 88.2 Å². The van der Waals surface area contributed by atoms with Crippen LogP contribution in [0.5, 0.6) is 0 Å². The second-order valence-electron chi connectivity index (χ2n) is 9.49. The van der Waals surface area contributed by atoms with Crippen LogP contribution < -0.4 is 5.32 Å². The molecule has 2 amide bonds. The van der Waals surface area contributed by atoms with Crippen LogP contribution in [0.2, 0.25) is 0 Å². The Morgan fingerprint density at radius 3 is 2.42 bits per heavy atom. The smallest absolute Gasteiger partial charge is 0.407 e. The molecule has 1 aliphatic carbocycles. The molecule has 3 aliphatic rings. The average molecular weight is 476 g/mol. The zero-order chi connectivity index (χ0) is 22.9. The van der Waals surface area contributed by atoms with Crippen molar-refractivity contribution < 1.29 is 19.4 Å². The third kappa shape index (κ3) is 4.74. The zero-order valence-electron chi connectivity index (χ0n) is 19.2. The molecule has 2 saturated heterocycles. The van der Waals surface area contributed by atoms with Crippen molar-refractivity contribution in [3.05, 3.63) is 16.6 Å². The van der Waals surface area contributed by atoms with Crippen molar-refractivity contribution in [3.8, 4) is 0 Å². The highest BCUT2D eigenvalue weighted by Gasteiger charge is 2.30. The zero-order valence-corrected chi connectivity index (χ0v) is 20.0. The van der Waals surface area contributed by atoms with Crippen LogP contribution in [-0.2, 0) is 4.74 Å². The minimum Gasteiger partial charge on any atom is -0.465 e. The van der Waals surface area contributed by atoms with Crippen LogP contribution in [0.4, 0.5) is 4.79 Å².